The minimum absolute atomic E-state index is 0.197. The molecule has 1 N–H and O–H groups in total. The number of carbonyl (C=O) groups is 1. The predicted molar refractivity (Wildman–Crippen MR) is 77.6 cm³/mol. The molecule has 1 aromatic carbocycles. The lowest BCUT2D eigenvalue weighted by Gasteiger charge is -2.38. The molecule has 2 rings (SSSR count). The van der Waals surface area contributed by atoms with Crippen molar-refractivity contribution in [3.63, 3.8) is 0 Å². The number of rotatable bonds is 6. The number of aliphatic hydroxyl groups excluding tert-OH is 1. The zero-order chi connectivity index (χ0) is 14.4. The molecule has 1 saturated heterocycles. The Morgan fingerprint density at radius 1 is 1.45 bits per heavy atom. The van der Waals surface area contributed by atoms with Crippen LogP contribution in [0.3, 0.4) is 0 Å². The van der Waals surface area contributed by atoms with E-state index in [9.17, 15) is 9.90 Å². The third-order valence-electron chi connectivity index (χ3n) is 3.76. The van der Waals surface area contributed by atoms with Crippen LogP contribution < -0.4 is 0 Å². The Labute approximate surface area is 120 Å². The number of carbonyl (C=O) groups excluding carboxylic acids is 1. The first kappa shape index (κ1) is 15.2. The van der Waals surface area contributed by atoms with Crippen LogP contribution in [-0.4, -0.2) is 54.2 Å². The smallest absolute Gasteiger partial charge is 0.139 e. The summed E-state index contributed by atoms with van der Waals surface area (Å²) in [5.74, 6) is 0. The average molecular weight is 277 g/mol. The number of aldehydes is 1. The van der Waals surface area contributed by atoms with Crippen LogP contribution in [0.4, 0.5) is 0 Å². The number of hydrogen-bond donors (Lipinski definition) is 1. The number of benzene rings is 1. The van der Waals surface area contributed by atoms with Crippen molar-refractivity contribution in [2.75, 3.05) is 19.7 Å². The van der Waals surface area contributed by atoms with Gasteiger partial charge in [0, 0.05) is 19.5 Å². The Morgan fingerprint density at radius 2 is 2.20 bits per heavy atom. The van der Waals surface area contributed by atoms with Gasteiger partial charge in [-0.15, -0.1) is 0 Å². The molecule has 110 valence electrons. The number of nitrogens with zero attached hydrogens (tertiary/aromatic N) is 1. The molecule has 0 aromatic heterocycles. The van der Waals surface area contributed by atoms with Crippen LogP contribution in [0, 0.1) is 0 Å². The minimum atomic E-state index is -0.448. The molecule has 4 nitrogen and oxygen atoms in total. The Kier molecular flexibility index (Phi) is 5.71. The molecule has 1 fully saturated rings. The normalized spacial score (nSPS) is 25.3. The van der Waals surface area contributed by atoms with Gasteiger partial charge >= 0.3 is 0 Å². The first-order chi connectivity index (χ1) is 9.70. The van der Waals surface area contributed by atoms with Gasteiger partial charge in [-0.25, -0.2) is 0 Å². The molecule has 1 aliphatic heterocycles. The Morgan fingerprint density at radius 3 is 2.85 bits per heavy atom. The van der Waals surface area contributed by atoms with E-state index >= 15 is 0 Å². The molecule has 0 saturated carbocycles. The first-order valence-electron chi connectivity index (χ1n) is 7.23. The first-order valence-corrected chi connectivity index (χ1v) is 7.23. The van der Waals surface area contributed by atoms with E-state index in [0.29, 0.717) is 13.0 Å². The van der Waals surface area contributed by atoms with Crippen molar-refractivity contribution in [2.24, 2.45) is 0 Å². The molecule has 0 radical (unpaired) electrons. The van der Waals surface area contributed by atoms with E-state index in [1.807, 2.05) is 18.2 Å². The van der Waals surface area contributed by atoms with Gasteiger partial charge in [0.25, 0.3) is 0 Å². The molecular formula is C16H23NO3. The largest absolute Gasteiger partial charge is 0.393 e. The van der Waals surface area contributed by atoms with Crippen molar-refractivity contribution >= 4 is 6.29 Å². The fourth-order valence-corrected chi connectivity index (χ4v) is 2.70. The van der Waals surface area contributed by atoms with Gasteiger partial charge < -0.3 is 14.6 Å². The van der Waals surface area contributed by atoms with Crippen LogP contribution in [0.5, 0.6) is 0 Å². The van der Waals surface area contributed by atoms with E-state index in [-0.39, 0.29) is 12.1 Å². The zero-order valence-electron chi connectivity index (χ0n) is 11.9. The number of aliphatic hydroxyl groups is 1. The van der Waals surface area contributed by atoms with Gasteiger partial charge in [0.05, 0.1) is 24.9 Å². The summed E-state index contributed by atoms with van der Waals surface area (Å²) < 4.78 is 5.64. The minimum Gasteiger partial charge on any atom is -0.393 e. The Balaban J connectivity index is 1.93. The van der Waals surface area contributed by atoms with Gasteiger partial charge in [-0.3, -0.25) is 4.90 Å². The standard InChI is InChI=1S/C16H23NO3/c1-13(19)11-16-15(12-18)17(9-10-20-16)8-7-14-5-3-2-4-6-14/h2-6,12-13,15-16,19H,7-11H2,1H3. The second kappa shape index (κ2) is 7.53. The quantitative estimate of drug-likeness (QED) is 0.796. The summed E-state index contributed by atoms with van der Waals surface area (Å²) in [6, 6.07) is 10.0. The van der Waals surface area contributed by atoms with Crippen LogP contribution in [-0.2, 0) is 16.0 Å². The number of hydrogen-bond acceptors (Lipinski definition) is 4. The SMILES string of the molecule is CC(O)CC1OCCN(CCc2ccccc2)C1C=O. The third-order valence-corrected chi connectivity index (χ3v) is 3.76. The predicted octanol–water partition coefficient (Wildman–Crippen LogP) is 1.27. The molecule has 0 spiro atoms. The maximum absolute atomic E-state index is 11.4. The van der Waals surface area contributed by atoms with Crippen LogP contribution in [0.25, 0.3) is 0 Å². The maximum atomic E-state index is 11.4. The lowest BCUT2D eigenvalue weighted by atomic mass is 10.0. The highest BCUT2D eigenvalue weighted by Gasteiger charge is 2.32. The third kappa shape index (κ3) is 4.13. The summed E-state index contributed by atoms with van der Waals surface area (Å²) in [7, 11) is 0. The molecule has 3 atom stereocenters. The summed E-state index contributed by atoms with van der Waals surface area (Å²) >= 11 is 0. The highest BCUT2D eigenvalue weighted by molar-refractivity contribution is 5.59. The Bertz CT molecular complexity index is 407. The summed E-state index contributed by atoms with van der Waals surface area (Å²) in [6.07, 6.45) is 1.74. The fourth-order valence-electron chi connectivity index (χ4n) is 2.70. The molecule has 1 aromatic rings. The maximum Gasteiger partial charge on any atom is 0.139 e. The molecule has 1 aliphatic rings. The molecule has 3 unspecified atom stereocenters. The van der Waals surface area contributed by atoms with Crippen LogP contribution in [0.1, 0.15) is 18.9 Å². The van der Waals surface area contributed by atoms with Crippen molar-refractivity contribution < 1.29 is 14.6 Å². The highest BCUT2D eigenvalue weighted by Crippen LogP contribution is 2.18. The van der Waals surface area contributed by atoms with Gasteiger partial charge in [0.2, 0.25) is 0 Å². The van der Waals surface area contributed by atoms with E-state index in [4.69, 9.17) is 4.74 Å². The summed E-state index contributed by atoms with van der Waals surface area (Å²) in [5.41, 5.74) is 1.27. The summed E-state index contributed by atoms with van der Waals surface area (Å²) in [4.78, 5) is 13.5. The molecular weight excluding hydrogens is 254 g/mol. The van der Waals surface area contributed by atoms with Crippen molar-refractivity contribution in [3.8, 4) is 0 Å². The van der Waals surface area contributed by atoms with E-state index in [1.165, 1.54) is 5.56 Å². The van der Waals surface area contributed by atoms with Gasteiger partial charge in [-0.05, 0) is 18.9 Å². The molecule has 1 heterocycles. The second-order valence-electron chi connectivity index (χ2n) is 5.39. The van der Waals surface area contributed by atoms with E-state index in [0.717, 1.165) is 25.8 Å². The molecule has 0 bridgehead atoms. The topological polar surface area (TPSA) is 49.8 Å². The van der Waals surface area contributed by atoms with Crippen LogP contribution in [0.2, 0.25) is 0 Å². The van der Waals surface area contributed by atoms with Crippen LogP contribution >= 0.6 is 0 Å². The second-order valence-corrected chi connectivity index (χ2v) is 5.39. The highest BCUT2D eigenvalue weighted by atomic mass is 16.5. The van der Waals surface area contributed by atoms with Crippen molar-refractivity contribution in [2.45, 2.75) is 38.0 Å². The van der Waals surface area contributed by atoms with Crippen LogP contribution in [0.15, 0.2) is 30.3 Å². The monoisotopic (exact) mass is 277 g/mol. The number of morpholine rings is 1. The van der Waals surface area contributed by atoms with Gasteiger partial charge in [-0.2, -0.15) is 0 Å². The summed E-state index contributed by atoms with van der Waals surface area (Å²) in [6.45, 7) is 3.96. The molecule has 20 heavy (non-hydrogen) atoms. The fraction of sp³-hybridized carbons (Fsp3) is 0.562. The zero-order valence-corrected chi connectivity index (χ0v) is 11.9. The average Bonchev–Trinajstić information content (AvgIpc) is 2.45. The van der Waals surface area contributed by atoms with Gasteiger partial charge in [-0.1, -0.05) is 30.3 Å². The van der Waals surface area contributed by atoms with Crippen molar-refractivity contribution in [1.29, 1.82) is 0 Å². The molecule has 0 aliphatic carbocycles. The van der Waals surface area contributed by atoms with E-state index in [2.05, 4.69) is 17.0 Å². The van der Waals surface area contributed by atoms with E-state index in [1.54, 1.807) is 6.92 Å². The van der Waals surface area contributed by atoms with Crippen molar-refractivity contribution in [3.05, 3.63) is 35.9 Å². The van der Waals surface area contributed by atoms with Gasteiger partial charge in [0.15, 0.2) is 0 Å². The number of ether oxygens (including phenoxy) is 1. The lowest BCUT2D eigenvalue weighted by molar-refractivity contribution is -0.128. The molecule has 4 heteroatoms. The summed E-state index contributed by atoms with van der Waals surface area (Å²) in [5, 5.41) is 9.50. The van der Waals surface area contributed by atoms with Gasteiger partial charge in [0.1, 0.15) is 6.29 Å². The lowest BCUT2D eigenvalue weighted by Crippen LogP contribution is -2.53. The molecule has 0 amide bonds. The Hall–Kier alpha value is -1.23. The van der Waals surface area contributed by atoms with Crippen molar-refractivity contribution in [1.82, 2.24) is 4.90 Å². The van der Waals surface area contributed by atoms with E-state index < -0.39 is 6.10 Å².